The molecule has 1 amide bonds. The first-order chi connectivity index (χ1) is 15.2. The third-order valence-corrected chi connectivity index (χ3v) is 4.59. The van der Waals surface area contributed by atoms with Crippen molar-refractivity contribution in [2.45, 2.75) is 6.10 Å². The number of anilines is 2. The summed E-state index contributed by atoms with van der Waals surface area (Å²) in [6, 6.07) is 8.62. The molecule has 1 aliphatic heterocycles. The summed E-state index contributed by atoms with van der Waals surface area (Å²) in [5.41, 5.74) is 8.54. The van der Waals surface area contributed by atoms with Crippen LogP contribution in [0.15, 0.2) is 52.9 Å². The smallest absolute Gasteiger partial charge is 0.274 e. The molecule has 6 N–H and O–H groups in total. The summed E-state index contributed by atoms with van der Waals surface area (Å²) in [6.45, 7) is 0. The van der Waals surface area contributed by atoms with Crippen molar-refractivity contribution in [2.24, 2.45) is 10.8 Å². The Morgan fingerprint density at radius 3 is 2.53 bits per heavy atom. The van der Waals surface area contributed by atoms with E-state index < -0.39 is 16.9 Å². The lowest BCUT2D eigenvalue weighted by Gasteiger charge is -2.26. The molecule has 0 spiro atoms. The maximum Gasteiger partial charge on any atom is 0.274 e. The van der Waals surface area contributed by atoms with Crippen LogP contribution in [0.4, 0.5) is 17.1 Å². The number of nitrogens with one attached hydrogen (secondary N) is 3. The predicted molar refractivity (Wildman–Crippen MR) is 119 cm³/mol. The zero-order valence-corrected chi connectivity index (χ0v) is 17.7. The SMILES string of the molecule is COc1ccc(C(O)C(NN=C(N)[S-])=C2Nc3ccc([N+](=O)[O-])cc3NC2=O)cc1OC. The number of rotatable bonds is 7. The van der Waals surface area contributed by atoms with Gasteiger partial charge in [0, 0.05) is 12.1 Å². The van der Waals surface area contributed by atoms with Gasteiger partial charge in [-0.1, -0.05) is 6.07 Å². The number of amidine groups is 1. The number of carbonyl (C=O) groups is 1. The van der Waals surface area contributed by atoms with Gasteiger partial charge in [0.1, 0.15) is 11.8 Å². The molecular formula is C19H19N6O6S-. The Labute approximate surface area is 187 Å². The van der Waals surface area contributed by atoms with E-state index in [-0.39, 0.29) is 27.9 Å². The molecule has 1 unspecified atom stereocenters. The number of aliphatic hydroxyl groups is 1. The molecule has 2 aromatic carbocycles. The largest absolute Gasteiger partial charge is 0.741 e. The number of fused-ring (bicyclic) bond motifs is 1. The Bertz CT molecular complexity index is 1130. The van der Waals surface area contributed by atoms with Gasteiger partial charge in [-0.25, -0.2) is 0 Å². The summed E-state index contributed by atoms with van der Waals surface area (Å²) in [4.78, 5) is 23.2. The highest BCUT2D eigenvalue weighted by Crippen LogP contribution is 2.36. The molecule has 12 nitrogen and oxygen atoms in total. The van der Waals surface area contributed by atoms with Gasteiger partial charge in [-0.2, -0.15) is 5.10 Å². The fourth-order valence-electron chi connectivity index (χ4n) is 2.98. The van der Waals surface area contributed by atoms with Crippen molar-refractivity contribution in [3.05, 3.63) is 63.5 Å². The Balaban J connectivity index is 2.07. The van der Waals surface area contributed by atoms with E-state index in [9.17, 15) is 20.0 Å². The highest BCUT2D eigenvalue weighted by molar-refractivity contribution is 7.77. The van der Waals surface area contributed by atoms with E-state index in [2.05, 4.69) is 21.2 Å². The number of methoxy groups -OCH3 is 2. The molecular weight excluding hydrogens is 440 g/mol. The number of hydrogen-bond donors (Lipinski definition) is 5. The van der Waals surface area contributed by atoms with Crippen LogP contribution in [-0.4, -0.2) is 35.3 Å². The van der Waals surface area contributed by atoms with Crippen molar-refractivity contribution < 1.29 is 24.3 Å². The van der Waals surface area contributed by atoms with E-state index in [1.54, 1.807) is 12.1 Å². The molecule has 32 heavy (non-hydrogen) atoms. The summed E-state index contributed by atoms with van der Waals surface area (Å²) >= 11 is 4.75. The topological polar surface area (TPSA) is 173 Å². The zero-order chi connectivity index (χ0) is 23.4. The minimum atomic E-state index is -1.39. The van der Waals surface area contributed by atoms with Gasteiger partial charge in [0.15, 0.2) is 11.5 Å². The summed E-state index contributed by atoms with van der Waals surface area (Å²) < 4.78 is 10.5. The standard InChI is InChI=1S/C19H20N6O6S/c1-30-13-6-3-9(7-14(13)31-2)17(26)15(23-24-19(20)32)16-18(27)22-12-8-10(25(28)29)4-5-11(12)21-16/h3-8,17,21,23,26H,1-2H3,(H,22,27)(H3,20,24,32)/p-1. The average molecular weight is 459 g/mol. The van der Waals surface area contributed by atoms with E-state index in [0.717, 1.165) is 0 Å². The van der Waals surface area contributed by atoms with Crippen LogP contribution in [0.1, 0.15) is 11.7 Å². The second-order valence-corrected chi connectivity index (χ2v) is 6.85. The third-order valence-electron chi connectivity index (χ3n) is 4.50. The molecule has 3 rings (SSSR count). The molecule has 1 aliphatic rings. The number of amides is 1. The van der Waals surface area contributed by atoms with Gasteiger partial charge in [-0.15, -0.1) is 0 Å². The normalized spacial score (nSPS) is 15.6. The number of nitrogens with two attached hydrogens (primary N) is 1. The molecule has 2 aromatic rings. The Morgan fingerprint density at radius 2 is 1.91 bits per heavy atom. The first-order valence-electron chi connectivity index (χ1n) is 9.02. The van der Waals surface area contributed by atoms with Crippen LogP contribution < -0.4 is 31.3 Å². The average Bonchev–Trinajstić information content (AvgIpc) is 2.78. The summed E-state index contributed by atoms with van der Waals surface area (Å²) in [6.07, 6.45) is -1.39. The van der Waals surface area contributed by atoms with Crippen LogP contribution in [0, 0.1) is 10.1 Å². The van der Waals surface area contributed by atoms with Gasteiger partial charge in [-0.3, -0.25) is 20.3 Å². The summed E-state index contributed by atoms with van der Waals surface area (Å²) in [7, 11) is 2.92. The number of benzene rings is 2. The van der Waals surface area contributed by atoms with Crippen LogP contribution in [0.25, 0.3) is 0 Å². The second-order valence-electron chi connectivity index (χ2n) is 6.43. The Morgan fingerprint density at radius 1 is 1.19 bits per heavy atom. The van der Waals surface area contributed by atoms with Gasteiger partial charge in [0.25, 0.3) is 11.6 Å². The van der Waals surface area contributed by atoms with Crippen molar-refractivity contribution in [3.63, 3.8) is 0 Å². The van der Waals surface area contributed by atoms with Gasteiger partial charge < -0.3 is 43.6 Å². The number of nitro benzene ring substituents is 1. The number of carbonyl (C=O) groups excluding carboxylic acids is 1. The maximum absolute atomic E-state index is 12.8. The van der Waals surface area contributed by atoms with Gasteiger partial charge in [-0.05, 0) is 28.9 Å². The molecule has 0 saturated carbocycles. The van der Waals surface area contributed by atoms with E-state index in [1.165, 1.54) is 38.5 Å². The first-order valence-corrected chi connectivity index (χ1v) is 9.43. The molecule has 13 heteroatoms. The second kappa shape index (κ2) is 9.36. The molecule has 1 atom stereocenters. The van der Waals surface area contributed by atoms with E-state index in [1.807, 2.05) is 0 Å². The number of non-ortho nitro benzene ring substituents is 1. The highest BCUT2D eigenvalue weighted by Gasteiger charge is 2.29. The van der Waals surface area contributed by atoms with Crippen LogP contribution >= 0.6 is 0 Å². The number of ether oxygens (including phenoxy) is 2. The molecule has 1 heterocycles. The van der Waals surface area contributed by atoms with Crippen molar-refractivity contribution in [2.75, 3.05) is 24.9 Å². The molecule has 0 bridgehead atoms. The molecule has 168 valence electrons. The number of nitrogens with zero attached hydrogens (tertiary/aromatic N) is 2. The quantitative estimate of drug-likeness (QED) is 0.101. The number of nitro groups is 1. The van der Waals surface area contributed by atoms with Gasteiger partial charge >= 0.3 is 0 Å². The summed E-state index contributed by atoms with van der Waals surface area (Å²) in [5.74, 6) is 0.138. The minimum absolute atomic E-state index is 0.0634. The summed E-state index contributed by atoms with van der Waals surface area (Å²) in [5, 5.41) is 30.9. The number of hydrazone groups is 1. The van der Waals surface area contributed by atoms with Crippen molar-refractivity contribution in [3.8, 4) is 11.5 Å². The lowest BCUT2D eigenvalue weighted by molar-refractivity contribution is -0.384. The minimum Gasteiger partial charge on any atom is -0.741 e. The number of aliphatic hydroxyl groups excluding tert-OH is 1. The van der Waals surface area contributed by atoms with Crippen molar-refractivity contribution in [1.82, 2.24) is 5.43 Å². The van der Waals surface area contributed by atoms with Gasteiger partial charge in [0.2, 0.25) is 0 Å². The maximum atomic E-state index is 12.8. The van der Waals surface area contributed by atoms with Gasteiger partial charge in [0.05, 0.1) is 36.2 Å². The van der Waals surface area contributed by atoms with E-state index in [4.69, 9.17) is 27.8 Å². The monoisotopic (exact) mass is 459 g/mol. The Kier molecular flexibility index (Phi) is 6.61. The molecule has 0 aromatic heterocycles. The highest BCUT2D eigenvalue weighted by atomic mass is 32.1. The number of hydrogen-bond acceptors (Lipinski definition) is 10. The molecule has 0 saturated heterocycles. The van der Waals surface area contributed by atoms with Crippen LogP contribution in [0.5, 0.6) is 11.5 Å². The van der Waals surface area contributed by atoms with Crippen LogP contribution in [0.2, 0.25) is 0 Å². The van der Waals surface area contributed by atoms with Crippen LogP contribution in [0.3, 0.4) is 0 Å². The zero-order valence-electron chi connectivity index (χ0n) is 16.9. The fourth-order valence-corrected chi connectivity index (χ4v) is 3.03. The van der Waals surface area contributed by atoms with E-state index >= 15 is 0 Å². The Hall–Kier alpha value is -4.10. The lowest BCUT2D eigenvalue weighted by Crippen LogP contribution is -2.32. The third kappa shape index (κ3) is 4.63. The van der Waals surface area contributed by atoms with E-state index in [0.29, 0.717) is 22.7 Å². The first kappa shape index (κ1) is 22.6. The predicted octanol–water partition coefficient (Wildman–Crippen LogP) is 1.29. The molecule has 0 fully saturated rings. The van der Waals surface area contributed by atoms with Crippen LogP contribution in [-0.2, 0) is 17.4 Å². The van der Waals surface area contributed by atoms with Crippen molar-refractivity contribution >= 4 is 40.8 Å². The fraction of sp³-hybridized carbons (Fsp3) is 0.158. The lowest BCUT2D eigenvalue weighted by atomic mass is 10.0. The van der Waals surface area contributed by atoms with Crippen molar-refractivity contribution in [1.29, 1.82) is 0 Å². The molecule has 0 aliphatic carbocycles. The molecule has 0 radical (unpaired) electrons.